The molecule has 2 aromatic carbocycles. The fourth-order valence-electron chi connectivity index (χ4n) is 3.25. The Morgan fingerprint density at radius 2 is 1.68 bits per heavy atom. The molecule has 134 valence electrons. The van der Waals surface area contributed by atoms with Crippen LogP contribution in [0.5, 0.6) is 0 Å². The van der Waals surface area contributed by atoms with Gasteiger partial charge in [-0.25, -0.2) is 12.8 Å². The van der Waals surface area contributed by atoms with E-state index in [1.165, 1.54) is 33.5 Å². The van der Waals surface area contributed by atoms with Crippen molar-refractivity contribution >= 4 is 21.6 Å². The van der Waals surface area contributed by atoms with Crippen LogP contribution in [-0.2, 0) is 10.0 Å². The molecule has 1 saturated heterocycles. The summed E-state index contributed by atoms with van der Waals surface area (Å²) < 4.78 is 39.8. The third-order valence-corrected chi connectivity index (χ3v) is 7.06. The Bertz CT molecular complexity index is 834. The minimum absolute atomic E-state index is 0.136. The molecule has 0 unspecified atom stereocenters. The highest BCUT2D eigenvalue weighted by Crippen LogP contribution is 2.21. The zero-order chi connectivity index (χ0) is 18.0. The SMILES string of the molecule is C[C@@H](c1ccccc1Cl)[NH+]1CCN(S(=O)(=O)c2ccc(F)cc2)CC1. The molecule has 1 aliphatic rings. The number of nitrogens with zero attached hydrogens (tertiary/aromatic N) is 1. The predicted octanol–water partition coefficient (Wildman–Crippen LogP) is 2.13. The van der Waals surface area contributed by atoms with Gasteiger partial charge in [0.2, 0.25) is 10.0 Å². The molecule has 1 fully saturated rings. The number of benzene rings is 2. The second-order valence-electron chi connectivity index (χ2n) is 6.26. The van der Waals surface area contributed by atoms with Gasteiger partial charge in [0, 0.05) is 10.6 Å². The van der Waals surface area contributed by atoms with Gasteiger partial charge in [-0.05, 0) is 37.3 Å². The lowest BCUT2D eigenvalue weighted by Crippen LogP contribution is -3.14. The van der Waals surface area contributed by atoms with Crippen LogP contribution in [-0.4, -0.2) is 38.9 Å². The van der Waals surface area contributed by atoms with E-state index in [9.17, 15) is 12.8 Å². The Morgan fingerprint density at radius 3 is 2.28 bits per heavy atom. The molecule has 1 N–H and O–H groups in total. The maximum atomic E-state index is 13.0. The van der Waals surface area contributed by atoms with Crippen LogP contribution < -0.4 is 4.90 Å². The molecule has 0 amide bonds. The minimum Gasteiger partial charge on any atom is -0.327 e. The summed E-state index contributed by atoms with van der Waals surface area (Å²) in [5.41, 5.74) is 1.08. The summed E-state index contributed by atoms with van der Waals surface area (Å²) in [5, 5.41) is 0.740. The highest BCUT2D eigenvalue weighted by molar-refractivity contribution is 7.89. The van der Waals surface area contributed by atoms with Crippen molar-refractivity contribution in [2.45, 2.75) is 17.9 Å². The van der Waals surface area contributed by atoms with Gasteiger partial charge in [0.25, 0.3) is 0 Å². The average Bonchev–Trinajstić information content (AvgIpc) is 2.62. The number of piperazine rings is 1. The molecule has 0 radical (unpaired) electrons. The van der Waals surface area contributed by atoms with E-state index in [-0.39, 0.29) is 10.9 Å². The Labute approximate surface area is 152 Å². The highest BCUT2D eigenvalue weighted by Gasteiger charge is 2.33. The summed E-state index contributed by atoms with van der Waals surface area (Å²) in [6, 6.07) is 12.9. The van der Waals surface area contributed by atoms with Crippen LogP contribution in [0.4, 0.5) is 4.39 Å². The summed E-state index contributed by atoms with van der Waals surface area (Å²) >= 11 is 6.28. The molecular formula is C18H21ClFN2O2S+. The molecule has 0 saturated carbocycles. The third-order valence-electron chi connectivity index (χ3n) is 4.80. The van der Waals surface area contributed by atoms with E-state index in [4.69, 9.17) is 11.6 Å². The fourth-order valence-corrected chi connectivity index (χ4v) is 4.99. The number of quaternary nitrogens is 1. The number of nitrogens with one attached hydrogen (secondary N) is 1. The van der Waals surface area contributed by atoms with E-state index < -0.39 is 15.8 Å². The van der Waals surface area contributed by atoms with Gasteiger partial charge in [0.15, 0.2) is 0 Å². The van der Waals surface area contributed by atoms with Crippen molar-refractivity contribution in [1.82, 2.24) is 4.31 Å². The van der Waals surface area contributed by atoms with Crippen LogP contribution in [0, 0.1) is 5.82 Å². The minimum atomic E-state index is -3.57. The number of hydrogen-bond donors (Lipinski definition) is 1. The second kappa shape index (κ2) is 7.41. The molecule has 1 atom stereocenters. The van der Waals surface area contributed by atoms with E-state index in [1.807, 2.05) is 24.3 Å². The van der Waals surface area contributed by atoms with Crippen molar-refractivity contribution in [2.24, 2.45) is 0 Å². The quantitative estimate of drug-likeness (QED) is 0.878. The zero-order valence-corrected chi connectivity index (χ0v) is 15.5. The molecule has 4 nitrogen and oxygen atoms in total. The molecule has 25 heavy (non-hydrogen) atoms. The Hall–Kier alpha value is -1.47. The summed E-state index contributed by atoms with van der Waals surface area (Å²) in [7, 11) is -3.57. The van der Waals surface area contributed by atoms with Crippen molar-refractivity contribution in [1.29, 1.82) is 0 Å². The van der Waals surface area contributed by atoms with Crippen LogP contribution in [0.25, 0.3) is 0 Å². The van der Waals surface area contributed by atoms with Gasteiger partial charge in [-0.15, -0.1) is 0 Å². The Morgan fingerprint density at radius 1 is 1.08 bits per heavy atom. The maximum Gasteiger partial charge on any atom is 0.243 e. The van der Waals surface area contributed by atoms with Crippen LogP contribution in [0.15, 0.2) is 53.4 Å². The standard InChI is InChI=1S/C18H20ClFN2O2S/c1-14(17-4-2-3-5-18(17)19)21-10-12-22(13-11-21)25(23,24)16-8-6-15(20)7-9-16/h2-9,14H,10-13H2,1H3/p+1/t14-/m0/s1. The van der Waals surface area contributed by atoms with Crippen molar-refractivity contribution in [2.75, 3.05) is 26.2 Å². The molecule has 0 aliphatic carbocycles. The number of hydrogen-bond acceptors (Lipinski definition) is 2. The molecule has 1 aliphatic heterocycles. The molecule has 0 aromatic heterocycles. The number of sulfonamides is 1. The number of rotatable bonds is 4. The van der Waals surface area contributed by atoms with E-state index in [0.717, 1.165) is 10.6 Å². The lowest BCUT2D eigenvalue weighted by Gasteiger charge is -2.35. The smallest absolute Gasteiger partial charge is 0.243 e. The first-order valence-electron chi connectivity index (χ1n) is 8.24. The van der Waals surface area contributed by atoms with Gasteiger partial charge >= 0.3 is 0 Å². The van der Waals surface area contributed by atoms with Gasteiger partial charge in [-0.1, -0.05) is 29.8 Å². The van der Waals surface area contributed by atoms with Crippen molar-refractivity contribution in [3.8, 4) is 0 Å². The molecule has 3 rings (SSSR count). The zero-order valence-electron chi connectivity index (χ0n) is 14.0. The van der Waals surface area contributed by atoms with Gasteiger partial charge in [-0.2, -0.15) is 4.31 Å². The molecular weight excluding hydrogens is 363 g/mol. The van der Waals surface area contributed by atoms with E-state index in [0.29, 0.717) is 26.2 Å². The first-order chi connectivity index (χ1) is 11.9. The Kier molecular flexibility index (Phi) is 5.43. The van der Waals surface area contributed by atoms with Crippen molar-refractivity contribution in [3.63, 3.8) is 0 Å². The summed E-state index contributed by atoms with van der Waals surface area (Å²) in [4.78, 5) is 1.44. The molecule has 1 heterocycles. The van der Waals surface area contributed by atoms with E-state index in [1.54, 1.807) is 0 Å². The van der Waals surface area contributed by atoms with Crippen LogP contribution in [0.2, 0.25) is 5.02 Å². The first kappa shape index (κ1) is 18.3. The van der Waals surface area contributed by atoms with Crippen LogP contribution >= 0.6 is 11.6 Å². The summed E-state index contributed by atoms with van der Waals surface area (Å²) in [5.74, 6) is -0.443. The van der Waals surface area contributed by atoms with Gasteiger partial charge < -0.3 is 4.90 Å². The molecule has 7 heteroatoms. The lowest BCUT2D eigenvalue weighted by atomic mass is 10.1. The summed E-state index contributed by atoms with van der Waals surface area (Å²) in [6.07, 6.45) is 0. The predicted molar refractivity (Wildman–Crippen MR) is 95.7 cm³/mol. The fraction of sp³-hybridized carbons (Fsp3) is 0.333. The van der Waals surface area contributed by atoms with Gasteiger partial charge in [0.05, 0.1) is 31.1 Å². The first-order valence-corrected chi connectivity index (χ1v) is 10.1. The monoisotopic (exact) mass is 383 g/mol. The maximum absolute atomic E-state index is 13.0. The van der Waals surface area contributed by atoms with Crippen LogP contribution in [0.3, 0.4) is 0 Å². The van der Waals surface area contributed by atoms with Crippen molar-refractivity contribution < 1.29 is 17.7 Å². The molecule has 2 aromatic rings. The van der Waals surface area contributed by atoms with Crippen LogP contribution in [0.1, 0.15) is 18.5 Å². The topological polar surface area (TPSA) is 41.8 Å². The summed E-state index contributed by atoms with van der Waals surface area (Å²) in [6.45, 7) is 4.38. The highest BCUT2D eigenvalue weighted by atomic mass is 35.5. The van der Waals surface area contributed by atoms with Gasteiger partial charge in [-0.3, -0.25) is 0 Å². The average molecular weight is 384 g/mol. The lowest BCUT2D eigenvalue weighted by molar-refractivity contribution is -0.933. The van der Waals surface area contributed by atoms with Crippen molar-refractivity contribution in [3.05, 3.63) is 64.9 Å². The molecule has 0 spiro atoms. The molecule has 0 bridgehead atoms. The largest absolute Gasteiger partial charge is 0.327 e. The van der Waals surface area contributed by atoms with Gasteiger partial charge in [0.1, 0.15) is 11.9 Å². The van der Waals surface area contributed by atoms with E-state index >= 15 is 0 Å². The van der Waals surface area contributed by atoms with E-state index in [2.05, 4.69) is 6.92 Å². The second-order valence-corrected chi connectivity index (χ2v) is 8.60. The normalized spacial score (nSPS) is 18.2. The number of halogens is 2. The Balaban J connectivity index is 1.69. The third kappa shape index (κ3) is 3.87.